The van der Waals surface area contributed by atoms with Gasteiger partial charge in [-0.05, 0) is 37.2 Å². The predicted octanol–water partition coefficient (Wildman–Crippen LogP) is 3.76. The third kappa shape index (κ3) is 2.58. The summed E-state index contributed by atoms with van der Waals surface area (Å²) >= 11 is 0. The third-order valence-electron chi connectivity index (χ3n) is 3.93. The summed E-state index contributed by atoms with van der Waals surface area (Å²) in [5, 5.41) is 0. The number of rotatable bonds is 2. The van der Waals surface area contributed by atoms with Crippen molar-refractivity contribution in [3.05, 3.63) is 24.3 Å². The van der Waals surface area contributed by atoms with Gasteiger partial charge in [-0.2, -0.15) is 0 Å². The Hall–Kier alpha value is -0.850. The molecule has 1 saturated carbocycles. The second-order valence-corrected chi connectivity index (χ2v) is 5.37. The van der Waals surface area contributed by atoms with E-state index < -0.39 is 0 Å². The van der Waals surface area contributed by atoms with Crippen molar-refractivity contribution in [2.24, 2.45) is 17.3 Å². The Morgan fingerprint density at radius 2 is 2.13 bits per heavy atom. The fourth-order valence-electron chi connectivity index (χ4n) is 2.38. The zero-order valence-corrected chi connectivity index (χ0v) is 10.3. The maximum Gasteiger partial charge on any atom is 0.152 e. The van der Waals surface area contributed by atoms with E-state index in [1.54, 1.807) is 13.0 Å². The average Bonchev–Trinajstić information content (AvgIpc) is 2.11. The second kappa shape index (κ2) is 4.34. The van der Waals surface area contributed by atoms with Gasteiger partial charge >= 0.3 is 0 Å². The molecule has 15 heavy (non-hydrogen) atoms. The van der Waals surface area contributed by atoms with Crippen LogP contribution in [0.3, 0.4) is 0 Å². The standard InChI is InChI=1S/C14H22O/c1-10-6-7-11(2)14(4,5)13(10)9-8-12(3)15/h8-9,11,13H,1,6-7H2,2-5H3/t11-,13-/m0/s1. The molecule has 0 radical (unpaired) electrons. The lowest BCUT2D eigenvalue weighted by Gasteiger charge is -2.44. The molecule has 0 spiro atoms. The van der Waals surface area contributed by atoms with Crippen LogP contribution in [-0.2, 0) is 4.79 Å². The molecule has 1 fully saturated rings. The molecule has 1 aliphatic rings. The van der Waals surface area contributed by atoms with Crippen LogP contribution in [-0.4, -0.2) is 5.78 Å². The first-order chi connectivity index (χ1) is 6.85. The topological polar surface area (TPSA) is 17.1 Å². The van der Waals surface area contributed by atoms with Gasteiger partial charge in [0.05, 0.1) is 0 Å². The summed E-state index contributed by atoms with van der Waals surface area (Å²) in [4.78, 5) is 11.0. The van der Waals surface area contributed by atoms with E-state index in [2.05, 4.69) is 27.4 Å². The van der Waals surface area contributed by atoms with Crippen molar-refractivity contribution in [3.8, 4) is 0 Å². The largest absolute Gasteiger partial charge is 0.295 e. The van der Waals surface area contributed by atoms with Crippen LogP contribution in [0, 0.1) is 17.3 Å². The van der Waals surface area contributed by atoms with Crippen molar-refractivity contribution in [1.82, 2.24) is 0 Å². The first-order valence-electron chi connectivity index (χ1n) is 5.72. The molecule has 1 nitrogen and oxygen atoms in total. The molecular weight excluding hydrogens is 184 g/mol. The molecule has 0 aromatic rings. The summed E-state index contributed by atoms with van der Waals surface area (Å²) in [6, 6.07) is 0. The van der Waals surface area contributed by atoms with Crippen LogP contribution < -0.4 is 0 Å². The monoisotopic (exact) mass is 206 g/mol. The van der Waals surface area contributed by atoms with E-state index in [1.807, 2.05) is 6.08 Å². The van der Waals surface area contributed by atoms with E-state index in [0.29, 0.717) is 11.8 Å². The molecule has 0 unspecified atom stereocenters. The quantitative estimate of drug-likeness (QED) is 0.496. The Kier molecular flexibility index (Phi) is 3.54. The molecular formula is C14H22O. The van der Waals surface area contributed by atoms with Gasteiger partial charge in [0.15, 0.2) is 5.78 Å². The zero-order chi connectivity index (χ0) is 11.6. The summed E-state index contributed by atoms with van der Waals surface area (Å²) in [5.41, 5.74) is 1.50. The number of carbonyl (C=O) groups is 1. The van der Waals surface area contributed by atoms with E-state index in [4.69, 9.17) is 0 Å². The SMILES string of the molecule is C=C1CC[C@H](C)C(C)(C)[C@H]1C=CC(C)=O. The maximum absolute atomic E-state index is 11.0. The molecule has 0 aliphatic heterocycles. The van der Waals surface area contributed by atoms with E-state index >= 15 is 0 Å². The van der Waals surface area contributed by atoms with Gasteiger partial charge in [-0.15, -0.1) is 0 Å². The Labute approximate surface area is 93.3 Å². The van der Waals surface area contributed by atoms with Crippen LogP contribution in [0.2, 0.25) is 0 Å². The van der Waals surface area contributed by atoms with Crippen molar-refractivity contribution in [3.63, 3.8) is 0 Å². The molecule has 2 atom stereocenters. The van der Waals surface area contributed by atoms with Gasteiger partial charge in [0.25, 0.3) is 0 Å². The highest BCUT2D eigenvalue weighted by Gasteiger charge is 2.38. The first kappa shape index (κ1) is 12.2. The molecule has 0 N–H and O–H groups in total. The second-order valence-electron chi connectivity index (χ2n) is 5.37. The molecule has 0 bridgehead atoms. The lowest BCUT2D eigenvalue weighted by atomic mass is 9.61. The van der Waals surface area contributed by atoms with Crippen molar-refractivity contribution in [2.45, 2.75) is 40.5 Å². The summed E-state index contributed by atoms with van der Waals surface area (Å²) in [6.07, 6.45) is 6.05. The zero-order valence-electron chi connectivity index (χ0n) is 10.3. The van der Waals surface area contributed by atoms with Gasteiger partial charge in [-0.1, -0.05) is 39.0 Å². The Bertz CT molecular complexity index is 296. The normalized spacial score (nSPS) is 30.8. The molecule has 0 heterocycles. The smallest absolute Gasteiger partial charge is 0.152 e. The van der Waals surface area contributed by atoms with Crippen LogP contribution in [0.15, 0.2) is 24.3 Å². The number of ketones is 1. The highest BCUT2D eigenvalue weighted by molar-refractivity contribution is 5.87. The lowest BCUT2D eigenvalue weighted by Crippen LogP contribution is -2.35. The molecule has 0 saturated heterocycles. The lowest BCUT2D eigenvalue weighted by molar-refractivity contribution is -0.112. The van der Waals surface area contributed by atoms with E-state index in [-0.39, 0.29) is 11.2 Å². The summed E-state index contributed by atoms with van der Waals surface area (Å²) < 4.78 is 0. The van der Waals surface area contributed by atoms with Crippen molar-refractivity contribution in [2.75, 3.05) is 0 Å². The fraction of sp³-hybridized carbons (Fsp3) is 0.643. The molecule has 1 aliphatic carbocycles. The number of hydrogen-bond acceptors (Lipinski definition) is 1. The Morgan fingerprint density at radius 1 is 1.53 bits per heavy atom. The van der Waals surface area contributed by atoms with Gasteiger partial charge in [-0.25, -0.2) is 0 Å². The maximum atomic E-state index is 11.0. The molecule has 0 amide bonds. The summed E-state index contributed by atoms with van der Waals surface area (Å²) in [7, 11) is 0. The predicted molar refractivity (Wildman–Crippen MR) is 64.6 cm³/mol. The molecule has 1 heteroatoms. The molecule has 0 aromatic carbocycles. The van der Waals surface area contributed by atoms with Gasteiger partial charge in [0, 0.05) is 5.92 Å². The number of allylic oxidation sites excluding steroid dienone is 3. The van der Waals surface area contributed by atoms with Crippen LogP contribution in [0.4, 0.5) is 0 Å². The average molecular weight is 206 g/mol. The number of carbonyl (C=O) groups excluding carboxylic acids is 1. The number of hydrogen-bond donors (Lipinski definition) is 0. The Morgan fingerprint density at radius 3 is 2.67 bits per heavy atom. The minimum atomic E-state index is 0.122. The van der Waals surface area contributed by atoms with Gasteiger partial charge in [-0.3, -0.25) is 4.79 Å². The summed E-state index contributed by atoms with van der Waals surface area (Å²) in [6.45, 7) is 12.6. The van der Waals surface area contributed by atoms with Gasteiger partial charge in [0.2, 0.25) is 0 Å². The van der Waals surface area contributed by atoms with Crippen molar-refractivity contribution in [1.29, 1.82) is 0 Å². The van der Waals surface area contributed by atoms with E-state index in [0.717, 1.165) is 6.42 Å². The van der Waals surface area contributed by atoms with Crippen LogP contribution in [0.5, 0.6) is 0 Å². The van der Waals surface area contributed by atoms with E-state index in [9.17, 15) is 4.79 Å². The van der Waals surface area contributed by atoms with Crippen LogP contribution >= 0.6 is 0 Å². The van der Waals surface area contributed by atoms with Crippen LogP contribution in [0.1, 0.15) is 40.5 Å². The summed E-state index contributed by atoms with van der Waals surface area (Å²) in [5.74, 6) is 1.16. The van der Waals surface area contributed by atoms with Gasteiger partial charge in [0.1, 0.15) is 0 Å². The van der Waals surface area contributed by atoms with E-state index in [1.165, 1.54) is 12.0 Å². The van der Waals surface area contributed by atoms with Crippen molar-refractivity contribution >= 4 is 5.78 Å². The minimum Gasteiger partial charge on any atom is -0.295 e. The highest BCUT2D eigenvalue weighted by Crippen LogP contribution is 2.47. The third-order valence-corrected chi connectivity index (χ3v) is 3.93. The minimum absolute atomic E-state index is 0.122. The molecule has 1 rings (SSSR count). The van der Waals surface area contributed by atoms with Crippen molar-refractivity contribution < 1.29 is 4.79 Å². The first-order valence-corrected chi connectivity index (χ1v) is 5.72. The molecule has 84 valence electrons. The van der Waals surface area contributed by atoms with Crippen LogP contribution in [0.25, 0.3) is 0 Å². The fourth-order valence-corrected chi connectivity index (χ4v) is 2.38. The molecule has 0 aromatic heterocycles. The Balaban J connectivity index is 2.90. The van der Waals surface area contributed by atoms with Gasteiger partial charge < -0.3 is 0 Å². The highest BCUT2D eigenvalue weighted by atomic mass is 16.1.